The molecule has 2 rings (SSSR count). The van der Waals surface area contributed by atoms with Crippen molar-refractivity contribution in [2.24, 2.45) is 5.41 Å². The normalized spacial score (nSPS) is 24.1. The molecular weight excluding hydrogens is 308 g/mol. The Balaban J connectivity index is 1.62. The number of urea groups is 1. The molecule has 7 heteroatoms. The van der Waals surface area contributed by atoms with E-state index in [1.165, 1.54) is 0 Å². The van der Waals surface area contributed by atoms with Crippen molar-refractivity contribution in [1.82, 2.24) is 20.8 Å². The van der Waals surface area contributed by atoms with Gasteiger partial charge in [0.2, 0.25) is 5.89 Å². The number of carbonyl (C=O) groups is 1. The maximum atomic E-state index is 11.9. The fraction of sp³-hybridized carbons (Fsp3) is 0.824. The number of carbonyl (C=O) groups excluding carboxylic acids is 1. The Hall–Kier alpha value is -1.63. The lowest BCUT2D eigenvalue weighted by Crippen LogP contribution is -2.47. The van der Waals surface area contributed by atoms with E-state index in [0.29, 0.717) is 25.4 Å². The fourth-order valence-corrected chi connectivity index (χ4v) is 2.98. The average Bonchev–Trinajstić information content (AvgIpc) is 3.02. The summed E-state index contributed by atoms with van der Waals surface area (Å²) in [7, 11) is 0. The third-order valence-corrected chi connectivity index (χ3v) is 4.79. The molecule has 1 aromatic heterocycles. The van der Waals surface area contributed by atoms with Crippen LogP contribution in [0.2, 0.25) is 0 Å². The Bertz CT molecular complexity index is 532. The van der Waals surface area contributed by atoms with Crippen LogP contribution in [0, 0.1) is 5.41 Å². The van der Waals surface area contributed by atoms with Crippen LogP contribution in [0.25, 0.3) is 0 Å². The van der Waals surface area contributed by atoms with Crippen LogP contribution in [0.3, 0.4) is 0 Å². The van der Waals surface area contributed by atoms with Gasteiger partial charge in [-0.25, -0.2) is 4.79 Å². The predicted molar refractivity (Wildman–Crippen MR) is 90.7 cm³/mol. The molecule has 7 nitrogen and oxygen atoms in total. The second-order valence-electron chi connectivity index (χ2n) is 7.33. The zero-order chi connectivity index (χ0) is 17.6. The van der Waals surface area contributed by atoms with Crippen LogP contribution in [0.5, 0.6) is 0 Å². The largest absolute Gasteiger partial charge is 0.392 e. The molecule has 2 atom stereocenters. The van der Waals surface area contributed by atoms with Crippen molar-refractivity contribution < 1.29 is 14.4 Å². The van der Waals surface area contributed by atoms with E-state index in [2.05, 4.69) is 20.8 Å². The van der Waals surface area contributed by atoms with Gasteiger partial charge in [-0.3, -0.25) is 0 Å². The number of aliphatic hydroxyl groups is 1. The van der Waals surface area contributed by atoms with Gasteiger partial charge in [0.25, 0.3) is 0 Å². The summed E-state index contributed by atoms with van der Waals surface area (Å²) in [6, 6.07) is -0.192. The summed E-state index contributed by atoms with van der Waals surface area (Å²) in [6.45, 7) is 7.12. The molecule has 0 bridgehead atoms. The van der Waals surface area contributed by atoms with Gasteiger partial charge in [0.1, 0.15) is 0 Å². The summed E-state index contributed by atoms with van der Waals surface area (Å²) < 4.78 is 5.17. The molecule has 1 saturated carbocycles. The Kier molecular flexibility index (Phi) is 6.60. The summed E-state index contributed by atoms with van der Waals surface area (Å²) in [5.74, 6) is 1.58. The second-order valence-corrected chi connectivity index (χ2v) is 7.33. The Labute approximate surface area is 143 Å². The van der Waals surface area contributed by atoms with Crippen LogP contribution in [-0.4, -0.2) is 40.5 Å². The summed E-state index contributed by atoms with van der Waals surface area (Å²) in [6.07, 6.45) is 5.01. The predicted octanol–water partition coefficient (Wildman–Crippen LogP) is 2.37. The molecule has 0 aliphatic heterocycles. The maximum Gasteiger partial charge on any atom is 0.314 e. The monoisotopic (exact) mass is 338 g/mol. The molecule has 2 amide bonds. The number of nitrogens with one attached hydrogen (secondary N) is 2. The highest BCUT2D eigenvalue weighted by atomic mass is 16.5. The summed E-state index contributed by atoms with van der Waals surface area (Å²) in [5, 5.41) is 19.8. The highest BCUT2D eigenvalue weighted by Gasteiger charge is 2.35. The molecule has 0 spiro atoms. The average molecular weight is 338 g/mol. The number of aromatic nitrogens is 2. The zero-order valence-electron chi connectivity index (χ0n) is 15.0. The minimum absolute atomic E-state index is 0.192. The van der Waals surface area contributed by atoms with E-state index >= 15 is 0 Å². The second kappa shape index (κ2) is 8.46. The van der Waals surface area contributed by atoms with E-state index in [4.69, 9.17) is 4.52 Å². The minimum atomic E-state index is -0.334. The van der Waals surface area contributed by atoms with Gasteiger partial charge < -0.3 is 20.3 Å². The minimum Gasteiger partial charge on any atom is -0.392 e. The van der Waals surface area contributed by atoms with Crippen molar-refractivity contribution in [2.75, 3.05) is 13.1 Å². The van der Waals surface area contributed by atoms with Gasteiger partial charge in [-0.2, -0.15) is 4.98 Å². The first-order chi connectivity index (χ1) is 11.4. The van der Waals surface area contributed by atoms with Crippen LogP contribution in [0.15, 0.2) is 4.52 Å². The number of rotatable bonds is 7. The summed E-state index contributed by atoms with van der Waals surface area (Å²) in [4.78, 5) is 16.2. The van der Waals surface area contributed by atoms with E-state index in [9.17, 15) is 9.90 Å². The molecule has 3 N–H and O–H groups in total. The third kappa shape index (κ3) is 5.19. The first-order valence-electron chi connectivity index (χ1n) is 8.93. The van der Waals surface area contributed by atoms with E-state index in [1.807, 2.05) is 20.8 Å². The molecule has 1 fully saturated rings. The summed E-state index contributed by atoms with van der Waals surface area (Å²) >= 11 is 0. The highest BCUT2D eigenvalue weighted by molar-refractivity contribution is 5.73. The van der Waals surface area contributed by atoms with Crippen LogP contribution < -0.4 is 10.6 Å². The van der Waals surface area contributed by atoms with E-state index in [0.717, 1.165) is 37.9 Å². The Morgan fingerprint density at radius 2 is 2.21 bits per heavy atom. The molecule has 1 aliphatic carbocycles. The van der Waals surface area contributed by atoms with Gasteiger partial charge in [0, 0.05) is 30.8 Å². The van der Waals surface area contributed by atoms with E-state index in [1.54, 1.807) is 0 Å². The van der Waals surface area contributed by atoms with Crippen molar-refractivity contribution in [3.63, 3.8) is 0 Å². The lowest BCUT2D eigenvalue weighted by molar-refractivity contribution is 0.00309. The zero-order valence-corrected chi connectivity index (χ0v) is 15.0. The lowest BCUT2D eigenvalue weighted by atomic mass is 9.73. The van der Waals surface area contributed by atoms with Crippen molar-refractivity contribution in [1.29, 1.82) is 0 Å². The van der Waals surface area contributed by atoms with Crippen molar-refractivity contribution >= 4 is 6.03 Å². The van der Waals surface area contributed by atoms with Crippen LogP contribution in [0.4, 0.5) is 4.79 Å². The molecule has 1 heterocycles. The van der Waals surface area contributed by atoms with Crippen LogP contribution >= 0.6 is 0 Å². The number of aliphatic hydroxyl groups excluding tert-OH is 1. The van der Waals surface area contributed by atoms with Crippen molar-refractivity contribution in [3.8, 4) is 0 Å². The molecule has 1 aromatic rings. The maximum absolute atomic E-state index is 11.9. The number of hydrogen-bond acceptors (Lipinski definition) is 5. The summed E-state index contributed by atoms with van der Waals surface area (Å²) in [5.41, 5.74) is -0.216. The van der Waals surface area contributed by atoms with Gasteiger partial charge in [-0.05, 0) is 19.3 Å². The molecule has 136 valence electrons. The van der Waals surface area contributed by atoms with Gasteiger partial charge >= 0.3 is 6.03 Å². The third-order valence-electron chi connectivity index (χ3n) is 4.79. The fourth-order valence-electron chi connectivity index (χ4n) is 2.98. The van der Waals surface area contributed by atoms with Gasteiger partial charge in [-0.1, -0.05) is 38.8 Å². The number of aryl methyl sites for hydroxylation is 1. The first kappa shape index (κ1) is 18.7. The first-order valence-corrected chi connectivity index (χ1v) is 8.93. The topological polar surface area (TPSA) is 100 Å². The quantitative estimate of drug-likeness (QED) is 0.663. The molecule has 0 radical (unpaired) electrons. The Morgan fingerprint density at radius 1 is 1.42 bits per heavy atom. The van der Waals surface area contributed by atoms with Crippen molar-refractivity contribution in [3.05, 3.63) is 11.7 Å². The van der Waals surface area contributed by atoms with E-state index in [-0.39, 0.29) is 23.5 Å². The standard InChI is InChI=1S/C17H30N4O3/c1-12(2)15-20-14(24-21-15)8-6-10-18-16(23)19-11-17(3)9-5-4-7-13(17)22/h12-13,22H,4-11H2,1-3H3,(H2,18,19,23). The number of nitrogens with zero attached hydrogens (tertiary/aromatic N) is 2. The lowest BCUT2D eigenvalue weighted by Gasteiger charge is -2.38. The van der Waals surface area contributed by atoms with Gasteiger partial charge in [0.15, 0.2) is 5.82 Å². The molecule has 0 aromatic carbocycles. The van der Waals surface area contributed by atoms with Gasteiger partial charge in [-0.15, -0.1) is 0 Å². The van der Waals surface area contributed by atoms with Crippen LogP contribution in [0.1, 0.15) is 70.5 Å². The van der Waals surface area contributed by atoms with E-state index < -0.39 is 0 Å². The molecule has 2 unspecified atom stereocenters. The molecular formula is C17H30N4O3. The van der Waals surface area contributed by atoms with Gasteiger partial charge in [0.05, 0.1) is 6.10 Å². The molecule has 1 aliphatic rings. The van der Waals surface area contributed by atoms with Crippen molar-refractivity contribution in [2.45, 2.75) is 71.3 Å². The molecule has 24 heavy (non-hydrogen) atoms. The smallest absolute Gasteiger partial charge is 0.314 e. The highest BCUT2D eigenvalue weighted by Crippen LogP contribution is 2.35. The molecule has 0 saturated heterocycles. The SMILES string of the molecule is CC(C)c1noc(CCCNC(=O)NCC2(C)CCCCC2O)n1. The number of hydrogen-bond donors (Lipinski definition) is 3. The van der Waals surface area contributed by atoms with Crippen LogP contribution in [-0.2, 0) is 6.42 Å². The number of amides is 2. The Morgan fingerprint density at radius 3 is 2.88 bits per heavy atom.